The molecule has 0 N–H and O–H groups in total. The van der Waals surface area contributed by atoms with Gasteiger partial charge in [0, 0.05) is 25.4 Å². The van der Waals surface area contributed by atoms with Crippen LogP contribution in [0, 0.1) is 0 Å². The van der Waals surface area contributed by atoms with Gasteiger partial charge >= 0.3 is 0 Å². The molecule has 3 aromatic rings. The topological polar surface area (TPSA) is 73.8 Å². The van der Waals surface area contributed by atoms with Gasteiger partial charge < -0.3 is 9.09 Å². The maximum Gasteiger partial charge on any atom is 0.242 e. The van der Waals surface area contributed by atoms with E-state index < -0.39 is 16.0 Å². The molecule has 2 aromatic heterocycles. The zero-order chi connectivity index (χ0) is 16.2. The monoisotopic (exact) mass is 330 g/mol. The van der Waals surface area contributed by atoms with Crippen molar-refractivity contribution < 1.29 is 8.73 Å². The van der Waals surface area contributed by atoms with E-state index in [1.807, 2.05) is 54.9 Å². The van der Waals surface area contributed by atoms with Crippen LogP contribution in [0.15, 0.2) is 52.4 Å². The van der Waals surface area contributed by atoms with Gasteiger partial charge in [-0.15, -0.1) is 0 Å². The molecule has 0 radical (unpaired) electrons. The van der Waals surface area contributed by atoms with E-state index in [4.69, 9.17) is 4.52 Å². The van der Waals surface area contributed by atoms with E-state index in [-0.39, 0.29) is 0 Å². The molecule has 2 heterocycles. The summed E-state index contributed by atoms with van der Waals surface area (Å²) in [7, 11) is -1.34. The quantitative estimate of drug-likeness (QED) is 0.695. The van der Waals surface area contributed by atoms with Crippen molar-refractivity contribution >= 4 is 10.8 Å². The summed E-state index contributed by atoms with van der Waals surface area (Å²) >= 11 is 0. The Hall–Kier alpha value is -2.28. The maximum absolute atomic E-state index is 12.7. The fourth-order valence-electron chi connectivity index (χ4n) is 2.26. The Bertz CT molecular complexity index is 797. The molecular weight excluding hydrogens is 312 g/mol. The minimum Gasteiger partial charge on any atom is -0.338 e. The van der Waals surface area contributed by atoms with Crippen LogP contribution >= 0.6 is 0 Å². The van der Waals surface area contributed by atoms with Crippen LogP contribution in [0.5, 0.6) is 0 Å². The van der Waals surface area contributed by atoms with Crippen molar-refractivity contribution in [3.8, 4) is 0 Å². The molecule has 6 nitrogen and oxygen atoms in total. The second kappa shape index (κ2) is 6.87. The Labute approximate surface area is 137 Å². The Kier molecular flexibility index (Phi) is 4.66. The number of aromatic nitrogens is 4. The Morgan fingerprint density at radius 2 is 2.09 bits per heavy atom. The molecule has 0 aliphatic carbocycles. The number of benzene rings is 1. The lowest BCUT2D eigenvalue weighted by atomic mass is 10.1. The lowest BCUT2D eigenvalue weighted by Crippen LogP contribution is -2.10. The molecule has 0 fully saturated rings. The minimum atomic E-state index is -1.34. The summed E-state index contributed by atoms with van der Waals surface area (Å²) in [6.07, 6.45) is 4.06. The van der Waals surface area contributed by atoms with E-state index >= 15 is 0 Å². The van der Waals surface area contributed by atoms with E-state index in [1.54, 1.807) is 6.20 Å². The van der Waals surface area contributed by atoms with Crippen molar-refractivity contribution in [2.45, 2.75) is 37.2 Å². The first-order chi connectivity index (χ1) is 11.2. The van der Waals surface area contributed by atoms with Gasteiger partial charge in [0.2, 0.25) is 5.89 Å². The van der Waals surface area contributed by atoms with E-state index in [0.717, 1.165) is 12.1 Å². The number of nitrogens with zero attached hydrogens (tertiary/aromatic N) is 4. The van der Waals surface area contributed by atoms with Gasteiger partial charge in [0.1, 0.15) is 16.0 Å². The molecule has 120 valence electrons. The summed E-state index contributed by atoms with van der Waals surface area (Å²) in [5.41, 5.74) is 1.11. The van der Waals surface area contributed by atoms with Crippen molar-refractivity contribution in [2.75, 3.05) is 0 Å². The number of rotatable bonds is 6. The van der Waals surface area contributed by atoms with Gasteiger partial charge in [-0.25, -0.2) is 4.98 Å². The number of imidazole rings is 1. The minimum absolute atomic E-state index is 0.375. The summed E-state index contributed by atoms with van der Waals surface area (Å²) in [5.74, 6) is 0.966. The van der Waals surface area contributed by atoms with Gasteiger partial charge in [0.05, 0.1) is 0 Å². The van der Waals surface area contributed by atoms with Crippen LogP contribution in [0.25, 0.3) is 0 Å². The Balaban J connectivity index is 1.76. The first-order valence-corrected chi connectivity index (χ1v) is 8.68. The van der Waals surface area contributed by atoms with Crippen LogP contribution in [0.4, 0.5) is 0 Å². The first kappa shape index (κ1) is 15.6. The van der Waals surface area contributed by atoms with Gasteiger partial charge in [0.25, 0.3) is 0 Å². The lowest BCUT2D eigenvalue weighted by Gasteiger charge is -2.07. The molecule has 2 unspecified atom stereocenters. The molecule has 1 aromatic carbocycles. The van der Waals surface area contributed by atoms with E-state index in [2.05, 4.69) is 15.1 Å². The van der Waals surface area contributed by atoms with Crippen molar-refractivity contribution in [3.63, 3.8) is 0 Å². The molecule has 7 heteroatoms. The standard InChI is InChI=1S/C16H18N4O2S/c1-3-20-10-9-17-16(20)23(21)12(2)15-18-14(19-22-15)11-13-7-5-4-6-8-13/h4-10,12H,3,11H2,1-2H3. The summed E-state index contributed by atoms with van der Waals surface area (Å²) in [5, 5.41) is 4.12. The molecule has 0 saturated carbocycles. The predicted molar refractivity (Wildman–Crippen MR) is 86.3 cm³/mol. The van der Waals surface area contributed by atoms with Crippen molar-refractivity contribution in [2.24, 2.45) is 0 Å². The molecule has 0 bridgehead atoms. The highest BCUT2D eigenvalue weighted by Gasteiger charge is 2.25. The molecule has 0 saturated heterocycles. The smallest absolute Gasteiger partial charge is 0.242 e. The summed E-state index contributed by atoms with van der Waals surface area (Å²) in [6, 6.07) is 9.93. The second-order valence-corrected chi connectivity index (χ2v) is 6.81. The van der Waals surface area contributed by atoms with E-state index in [0.29, 0.717) is 23.3 Å². The van der Waals surface area contributed by atoms with Gasteiger partial charge in [-0.3, -0.25) is 4.21 Å². The maximum atomic E-state index is 12.7. The predicted octanol–water partition coefficient (Wildman–Crippen LogP) is 2.75. The van der Waals surface area contributed by atoms with Crippen LogP contribution in [0.2, 0.25) is 0 Å². The highest BCUT2D eigenvalue weighted by molar-refractivity contribution is 7.85. The SMILES string of the molecule is CCn1ccnc1S(=O)C(C)c1nc(Cc2ccccc2)no1. The zero-order valence-electron chi connectivity index (χ0n) is 13.0. The van der Waals surface area contributed by atoms with Crippen molar-refractivity contribution in [1.29, 1.82) is 0 Å². The van der Waals surface area contributed by atoms with Crippen LogP contribution in [0.3, 0.4) is 0 Å². The first-order valence-electron chi connectivity index (χ1n) is 7.47. The Morgan fingerprint density at radius 1 is 1.30 bits per heavy atom. The lowest BCUT2D eigenvalue weighted by molar-refractivity contribution is 0.373. The summed E-state index contributed by atoms with van der Waals surface area (Å²) in [4.78, 5) is 8.57. The largest absolute Gasteiger partial charge is 0.338 e. The molecule has 0 aliphatic rings. The Morgan fingerprint density at radius 3 is 2.83 bits per heavy atom. The third-order valence-electron chi connectivity index (χ3n) is 3.56. The highest BCUT2D eigenvalue weighted by atomic mass is 32.2. The number of aryl methyl sites for hydroxylation is 1. The summed E-state index contributed by atoms with van der Waals surface area (Å²) in [6.45, 7) is 4.51. The molecule has 0 spiro atoms. The van der Waals surface area contributed by atoms with E-state index in [1.165, 1.54) is 0 Å². The van der Waals surface area contributed by atoms with Crippen LogP contribution < -0.4 is 0 Å². The van der Waals surface area contributed by atoms with Crippen molar-refractivity contribution in [3.05, 3.63) is 60.0 Å². The number of hydrogen-bond donors (Lipinski definition) is 0. The molecule has 0 amide bonds. The van der Waals surface area contributed by atoms with Crippen LogP contribution in [0.1, 0.15) is 36.4 Å². The third kappa shape index (κ3) is 3.39. The molecule has 3 rings (SSSR count). The summed E-state index contributed by atoms with van der Waals surface area (Å²) < 4.78 is 19.8. The highest BCUT2D eigenvalue weighted by Crippen LogP contribution is 2.23. The van der Waals surface area contributed by atoms with Gasteiger partial charge in [-0.05, 0) is 19.4 Å². The van der Waals surface area contributed by atoms with Crippen LogP contribution in [-0.4, -0.2) is 23.9 Å². The fourth-order valence-corrected chi connectivity index (χ4v) is 3.44. The molecule has 23 heavy (non-hydrogen) atoms. The average molecular weight is 330 g/mol. The molecular formula is C16H18N4O2S. The van der Waals surface area contributed by atoms with Crippen molar-refractivity contribution in [1.82, 2.24) is 19.7 Å². The second-order valence-electron chi connectivity index (χ2n) is 5.15. The average Bonchev–Trinajstić information content (AvgIpc) is 3.23. The third-order valence-corrected chi connectivity index (χ3v) is 5.10. The van der Waals surface area contributed by atoms with Gasteiger partial charge in [-0.1, -0.05) is 35.5 Å². The fraction of sp³-hybridized carbons (Fsp3) is 0.312. The van der Waals surface area contributed by atoms with Crippen LogP contribution in [-0.2, 0) is 23.8 Å². The number of hydrogen-bond acceptors (Lipinski definition) is 5. The normalized spacial score (nSPS) is 13.8. The molecule has 2 atom stereocenters. The van der Waals surface area contributed by atoms with Gasteiger partial charge in [-0.2, -0.15) is 4.98 Å². The van der Waals surface area contributed by atoms with Gasteiger partial charge in [0.15, 0.2) is 11.0 Å². The zero-order valence-corrected chi connectivity index (χ0v) is 13.9. The molecule has 0 aliphatic heterocycles. The van der Waals surface area contributed by atoms with E-state index in [9.17, 15) is 4.21 Å².